The Labute approximate surface area is 159 Å². The summed E-state index contributed by atoms with van der Waals surface area (Å²) in [4.78, 5) is -0.809. The molecule has 0 aliphatic carbocycles. The summed E-state index contributed by atoms with van der Waals surface area (Å²) in [5.41, 5.74) is 0.896. The lowest BCUT2D eigenvalue weighted by molar-refractivity contribution is 0.396. The van der Waals surface area contributed by atoms with Crippen molar-refractivity contribution < 1.29 is 26.0 Å². The molecule has 8 heteroatoms. The highest BCUT2D eigenvalue weighted by Crippen LogP contribution is 2.24. The molecule has 0 atom stereocenters. The molecular formula is C20H15F4NO2S. The quantitative estimate of drug-likeness (QED) is 0.557. The zero-order chi connectivity index (χ0) is 20.3. The first-order valence-corrected chi connectivity index (χ1v) is 9.64. The standard InChI is InChI=1S/C20H15F4NO2S/c21-16-5-1-14(2-6-16)12-25(13-15-3-7-17(22)8-4-15)28(26,27)20-11-18(23)9-10-19(20)24/h1-11H,12-13H2. The van der Waals surface area contributed by atoms with Gasteiger partial charge in [-0.05, 0) is 53.6 Å². The van der Waals surface area contributed by atoms with Crippen molar-refractivity contribution in [3.63, 3.8) is 0 Å². The zero-order valence-electron chi connectivity index (χ0n) is 14.4. The molecule has 3 aromatic carbocycles. The summed E-state index contributed by atoms with van der Waals surface area (Å²) < 4.78 is 80.9. The Hall–Kier alpha value is -2.71. The predicted octanol–water partition coefficient (Wildman–Crippen LogP) is 4.63. The average Bonchev–Trinajstić information content (AvgIpc) is 2.66. The van der Waals surface area contributed by atoms with Gasteiger partial charge in [0.15, 0.2) is 0 Å². The predicted molar refractivity (Wildman–Crippen MR) is 95.6 cm³/mol. The lowest BCUT2D eigenvalue weighted by Gasteiger charge is -2.23. The van der Waals surface area contributed by atoms with E-state index in [4.69, 9.17) is 0 Å². The first kappa shape index (κ1) is 20.0. The number of hydrogen-bond donors (Lipinski definition) is 0. The lowest BCUT2D eigenvalue weighted by atomic mass is 10.2. The van der Waals surface area contributed by atoms with E-state index in [2.05, 4.69) is 0 Å². The topological polar surface area (TPSA) is 37.4 Å². The fraction of sp³-hybridized carbons (Fsp3) is 0.100. The van der Waals surface area contributed by atoms with Gasteiger partial charge in [-0.2, -0.15) is 4.31 Å². The molecule has 0 saturated heterocycles. The van der Waals surface area contributed by atoms with Crippen LogP contribution in [0.1, 0.15) is 11.1 Å². The zero-order valence-corrected chi connectivity index (χ0v) is 15.3. The second-order valence-corrected chi connectivity index (χ2v) is 8.01. The summed E-state index contributed by atoms with van der Waals surface area (Å²) in [6, 6.07) is 12.4. The van der Waals surface area contributed by atoms with E-state index in [0.717, 1.165) is 16.4 Å². The van der Waals surface area contributed by atoms with E-state index in [-0.39, 0.29) is 13.1 Å². The highest BCUT2D eigenvalue weighted by atomic mass is 32.2. The van der Waals surface area contributed by atoms with Crippen molar-refractivity contribution in [2.24, 2.45) is 0 Å². The Morgan fingerprint density at radius 2 is 1.07 bits per heavy atom. The Kier molecular flexibility index (Phi) is 5.81. The van der Waals surface area contributed by atoms with E-state index in [1.165, 1.54) is 48.5 Å². The van der Waals surface area contributed by atoms with Gasteiger partial charge in [0.05, 0.1) is 0 Å². The van der Waals surface area contributed by atoms with Crippen molar-refractivity contribution in [2.75, 3.05) is 0 Å². The van der Waals surface area contributed by atoms with Crippen molar-refractivity contribution in [2.45, 2.75) is 18.0 Å². The van der Waals surface area contributed by atoms with E-state index in [9.17, 15) is 26.0 Å². The largest absolute Gasteiger partial charge is 0.246 e. The van der Waals surface area contributed by atoms with Crippen LogP contribution in [-0.4, -0.2) is 12.7 Å². The molecule has 0 aliphatic rings. The number of benzene rings is 3. The van der Waals surface area contributed by atoms with Gasteiger partial charge in [-0.15, -0.1) is 0 Å². The molecule has 0 amide bonds. The molecule has 0 spiro atoms. The molecule has 0 saturated carbocycles. The van der Waals surface area contributed by atoms with Gasteiger partial charge in [-0.1, -0.05) is 24.3 Å². The van der Waals surface area contributed by atoms with Crippen molar-refractivity contribution in [1.82, 2.24) is 4.31 Å². The van der Waals surface area contributed by atoms with Gasteiger partial charge in [0.25, 0.3) is 0 Å². The Morgan fingerprint density at radius 1 is 0.643 bits per heavy atom. The normalized spacial score (nSPS) is 11.8. The van der Waals surface area contributed by atoms with E-state index < -0.39 is 38.2 Å². The van der Waals surface area contributed by atoms with Crippen LogP contribution in [0.2, 0.25) is 0 Å². The van der Waals surface area contributed by atoms with Gasteiger partial charge in [0.1, 0.15) is 28.2 Å². The first-order valence-electron chi connectivity index (χ1n) is 8.20. The summed E-state index contributed by atoms with van der Waals surface area (Å²) >= 11 is 0. The second-order valence-electron chi connectivity index (χ2n) is 6.10. The van der Waals surface area contributed by atoms with Crippen LogP contribution in [0.3, 0.4) is 0 Å². The summed E-state index contributed by atoms with van der Waals surface area (Å²) in [7, 11) is -4.44. The van der Waals surface area contributed by atoms with Gasteiger partial charge in [0, 0.05) is 13.1 Å². The van der Waals surface area contributed by atoms with E-state index in [1.54, 1.807) is 0 Å². The maximum Gasteiger partial charge on any atom is 0.246 e. The van der Waals surface area contributed by atoms with Crippen molar-refractivity contribution >= 4 is 10.0 Å². The maximum absolute atomic E-state index is 14.1. The third kappa shape index (κ3) is 4.58. The number of rotatable bonds is 6. The second kappa shape index (κ2) is 8.12. The minimum Gasteiger partial charge on any atom is -0.207 e. The van der Waals surface area contributed by atoms with Crippen LogP contribution in [0.15, 0.2) is 71.6 Å². The highest BCUT2D eigenvalue weighted by Gasteiger charge is 2.28. The van der Waals surface area contributed by atoms with Crippen molar-refractivity contribution in [3.8, 4) is 0 Å². The summed E-state index contributed by atoms with van der Waals surface area (Å²) in [6.45, 7) is -0.425. The minimum absolute atomic E-state index is 0.212. The van der Waals surface area contributed by atoms with E-state index in [1.807, 2.05) is 0 Å². The average molecular weight is 409 g/mol. The number of hydrogen-bond acceptors (Lipinski definition) is 2. The third-order valence-electron chi connectivity index (χ3n) is 4.06. The van der Waals surface area contributed by atoms with Crippen LogP contribution in [0.5, 0.6) is 0 Å². The third-order valence-corrected chi connectivity index (χ3v) is 5.86. The van der Waals surface area contributed by atoms with Crippen LogP contribution in [0, 0.1) is 23.3 Å². The van der Waals surface area contributed by atoms with Crippen LogP contribution in [0.4, 0.5) is 17.6 Å². The van der Waals surface area contributed by atoms with E-state index in [0.29, 0.717) is 17.2 Å². The summed E-state index contributed by atoms with van der Waals surface area (Å²) in [5.74, 6) is -2.98. The number of sulfonamides is 1. The van der Waals surface area contributed by atoms with Crippen LogP contribution < -0.4 is 0 Å². The number of nitrogens with zero attached hydrogens (tertiary/aromatic N) is 1. The van der Waals surface area contributed by atoms with Crippen LogP contribution in [-0.2, 0) is 23.1 Å². The molecule has 0 aliphatic heterocycles. The van der Waals surface area contributed by atoms with Gasteiger partial charge in [-0.3, -0.25) is 0 Å². The molecule has 3 nitrogen and oxygen atoms in total. The molecular weight excluding hydrogens is 394 g/mol. The van der Waals surface area contributed by atoms with E-state index >= 15 is 0 Å². The molecule has 0 bridgehead atoms. The fourth-order valence-electron chi connectivity index (χ4n) is 2.63. The Balaban J connectivity index is 2.01. The molecule has 0 fully saturated rings. The van der Waals surface area contributed by atoms with Gasteiger partial charge >= 0.3 is 0 Å². The minimum atomic E-state index is -4.44. The molecule has 146 valence electrons. The first-order chi connectivity index (χ1) is 13.3. The molecule has 3 aromatic rings. The van der Waals surface area contributed by atoms with Gasteiger partial charge in [0.2, 0.25) is 10.0 Å². The monoisotopic (exact) mass is 409 g/mol. The molecule has 28 heavy (non-hydrogen) atoms. The van der Waals surface area contributed by atoms with Crippen LogP contribution in [0.25, 0.3) is 0 Å². The molecule has 0 N–H and O–H groups in total. The summed E-state index contributed by atoms with van der Waals surface area (Å²) in [5, 5.41) is 0. The highest BCUT2D eigenvalue weighted by molar-refractivity contribution is 7.89. The SMILES string of the molecule is O=S(=O)(c1cc(F)ccc1F)N(Cc1ccc(F)cc1)Cc1ccc(F)cc1. The molecule has 0 radical (unpaired) electrons. The molecule has 0 unspecified atom stereocenters. The molecule has 3 rings (SSSR count). The molecule has 0 aromatic heterocycles. The lowest BCUT2D eigenvalue weighted by Crippen LogP contribution is -2.31. The summed E-state index contributed by atoms with van der Waals surface area (Å²) in [6.07, 6.45) is 0. The number of halogens is 4. The van der Waals surface area contributed by atoms with Crippen molar-refractivity contribution in [1.29, 1.82) is 0 Å². The Bertz CT molecular complexity index is 1020. The Morgan fingerprint density at radius 3 is 1.54 bits per heavy atom. The van der Waals surface area contributed by atoms with Gasteiger partial charge in [-0.25, -0.2) is 26.0 Å². The fourth-order valence-corrected chi connectivity index (χ4v) is 4.12. The van der Waals surface area contributed by atoms with Crippen molar-refractivity contribution in [3.05, 3.63) is 101 Å². The van der Waals surface area contributed by atoms with Crippen LogP contribution >= 0.6 is 0 Å². The maximum atomic E-state index is 14.1. The van der Waals surface area contributed by atoms with Gasteiger partial charge < -0.3 is 0 Å². The molecule has 0 heterocycles. The smallest absolute Gasteiger partial charge is 0.207 e.